The van der Waals surface area contributed by atoms with Gasteiger partial charge in [0, 0.05) is 18.8 Å². The third kappa shape index (κ3) is 3.14. The smallest absolute Gasteiger partial charge is 0.223 e. The van der Waals surface area contributed by atoms with Gasteiger partial charge in [0.25, 0.3) is 0 Å². The van der Waals surface area contributed by atoms with Crippen molar-refractivity contribution in [1.82, 2.24) is 14.9 Å². The number of nitriles is 1. The van der Waals surface area contributed by atoms with Crippen molar-refractivity contribution < 1.29 is 0 Å². The van der Waals surface area contributed by atoms with Gasteiger partial charge in [0.1, 0.15) is 11.8 Å². The number of hydrogen-bond donors (Lipinski definition) is 1. The molecule has 0 bridgehead atoms. The number of hydrogen-bond acceptors (Lipinski definition) is 5. The highest BCUT2D eigenvalue weighted by Gasteiger charge is 2.17. The van der Waals surface area contributed by atoms with E-state index in [4.69, 9.17) is 5.26 Å². The molecule has 1 aliphatic heterocycles. The number of anilines is 1. The fourth-order valence-corrected chi connectivity index (χ4v) is 2.06. The average Bonchev–Trinajstić information content (AvgIpc) is 2.90. The second-order valence-corrected chi connectivity index (χ2v) is 4.35. The Morgan fingerprint density at radius 3 is 3.00 bits per heavy atom. The van der Waals surface area contributed by atoms with E-state index in [1.165, 1.54) is 25.9 Å². The quantitative estimate of drug-likeness (QED) is 0.844. The fourth-order valence-electron chi connectivity index (χ4n) is 2.06. The highest BCUT2D eigenvalue weighted by atomic mass is 15.2. The Kier molecular flexibility index (Phi) is 3.89. The predicted molar refractivity (Wildman–Crippen MR) is 65.5 cm³/mol. The molecule has 1 unspecified atom stereocenters. The van der Waals surface area contributed by atoms with E-state index in [1.54, 1.807) is 12.3 Å². The number of rotatable bonds is 4. The van der Waals surface area contributed by atoms with Gasteiger partial charge in [-0.2, -0.15) is 5.26 Å². The summed E-state index contributed by atoms with van der Waals surface area (Å²) in [4.78, 5) is 10.6. The van der Waals surface area contributed by atoms with Crippen LogP contribution in [0.5, 0.6) is 0 Å². The topological polar surface area (TPSA) is 64.8 Å². The molecule has 1 N–H and O–H groups in total. The first-order valence-corrected chi connectivity index (χ1v) is 6.00. The van der Waals surface area contributed by atoms with Gasteiger partial charge in [-0.05, 0) is 38.9 Å². The minimum atomic E-state index is 0.399. The van der Waals surface area contributed by atoms with Crippen molar-refractivity contribution >= 4 is 5.95 Å². The maximum atomic E-state index is 8.74. The van der Waals surface area contributed by atoms with Crippen molar-refractivity contribution in [2.24, 2.45) is 0 Å². The molecule has 0 radical (unpaired) electrons. The van der Waals surface area contributed by atoms with Crippen molar-refractivity contribution in [3.8, 4) is 6.07 Å². The lowest BCUT2D eigenvalue weighted by Gasteiger charge is -2.23. The summed E-state index contributed by atoms with van der Waals surface area (Å²) in [7, 11) is 0. The van der Waals surface area contributed by atoms with Crippen LogP contribution >= 0.6 is 0 Å². The summed E-state index contributed by atoms with van der Waals surface area (Å²) in [6, 6.07) is 4.09. The van der Waals surface area contributed by atoms with E-state index in [1.807, 2.05) is 6.07 Å². The van der Waals surface area contributed by atoms with Crippen LogP contribution in [0.2, 0.25) is 0 Å². The third-order valence-corrected chi connectivity index (χ3v) is 3.09. The van der Waals surface area contributed by atoms with Crippen LogP contribution in [-0.2, 0) is 0 Å². The molecular formula is C12H17N5. The van der Waals surface area contributed by atoms with Crippen LogP contribution < -0.4 is 5.32 Å². The minimum absolute atomic E-state index is 0.399. The molecule has 0 saturated carbocycles. The number of nitrogens with one attached hydrogen (secondary N) is 1. The first-order valence-electron chi connectivity index (χ1n) is 6.00. The molecule has 5 heteroatoms. The molecule has 0 amide bonds. The Morgan fingerprint density at radius 1 is 1.53 bits per heavy atom. The lowest BCUT2D eigenvalue weighted by molar-refractivity contribution is 0.269. The van der Waals surface area contributed by atoms with Crippen LogP contribution in [-0.4, -0.2) is 40.5 Å². The highest BCUT2D eigenvalue weighted by Crippen LogP contribution is 2.11. The van der Waals surface area contributed by atoms with Crippen LogP contribution in [0.3, 0.4) is 0 Å². The van der Waals surface area contributed by atoms with Crippen molar-refractivity contribution in [2.75, 3.05) is 25.0 Å². The monoisotopic (exact) mass is 231 g/mol. The predicted octanol–water partition coefficient (Wildman–Crippen LogP) is 1.24. The summed E-state index contributed by atoms with van der Waals surface area (Å²) in [5.74, 6) is 0.537. The molecule has 1 fully saturated rings. The molecule has 0 aromatic carbocycles. The van der Waals surface area contributed by atoms with Gasteiger partial charge in [-0.3, -0.25) is 4.90 Å². The number of nitrogens with zero attached hydrogens (tertiary/aromatic N) is 4. The summed E-state index contributed by atoms with van der Waals surface area (Å²) in [6.45, 7) is 5.38. The standard InChI is InChI=1S/C12H17N5/c1-10(17-6-2-3-7-17)9-15-12-14-5-4-11(8-13)16-12/h4-5,10H,2-3,6-7,9H2,1H3,(H,14,15,16). The van der Waals surface area contributed by atoms with Crippen molar-refractivity contribution in [3.05, 3.63) is 18.0 Å². The van der Waals surface area contributed by atoms with Gasteiger partial charge in [-0.15, -0.1) is 0 Å². The van der Waals surface area contributed by atoms with Crippen LogP contribution in [0.15, 0.2) is 12.3 Å². The zero-order valence-corrected chi connectivity index (χ0v) is 10.1. The van der Waals surface area contributed by atoms with E-state index < -0.39 is 0 Å². The minimum Gasteiger partial charge on any atom is -0.353 e. The maximum absolute atomic E-state index is 8.74. The lowest BCUT2D eigenvalue weighted by Crippen LogP contribution is -2.35. The molecule has 1 atom stereocenters. The normalized spacial score (nSPS) is 17.6. The van der Waals surface area contributed by atoms with E-state index >= 15 is 0 Å². The van der Waals surface area contributed by atoms with Gasteiger partial charge in [0.15, 0.2) is 0 Å². The molecule has 17 heavy (non-hydrogen) atoms. The van der Waals surface area contributed by atoms with Gasteiger partial charge in [0.2, 0.25) is 5.95 Å². The van der Waals surface area contributed by atoms with E-state index in [0.29, 0.717) is 17.7 Å². The van der Waals surface area contributed by atoms with Gasteiger partial charge in [0.05, 0.1) is 0 Å². The summed E-state index contributed by atoms with van der Waals surface area (Å²) in [5.41, 5.74) is 0.399. The summed E-state index contributed by atoms with van der Waals surface area (Å²) < 4.78 is 0. The first kappa shape index (κ1) is 11.8. The molecule has 1 aromatic heterocycles. The zero-order chi connectivity index (χ0) is 12.1. The number of aromatic nitrogens is 2. The second-order valence-electron chi connectivity index (χ2n) is 4.35. The van der Waals surface area contributed by atoms with Gasteiger partial charge < -0.3 is 5.32 Å². The van der Waals surface area contributed by atoms with Gasteiger partial charge in [-0.25, -0.2) is 9.97 Å². The van der Waals surface area contributed by atoms with Gasteiger partial charge >= 0.3 is 0 Å². The third-order valence-electron chi connectivity index (χ3n) is 3.09. The largest absolute Gasteiger partial charge is 0.353 e. The molecular weight excluding hydrogens is 214 g/mol. The molecule has 1 aromatic rings. The fraction of sp³-hybridized carbons (Fsp3) is 0.583. The molecule has 0 aliphatic carbocycles. The zero-order valence-electron chi connectivity index (χ0n) is 10.1. The van der Waals surface area contributed by atoms with Crippen LogP contribution in [0, 0.1) is 11.3 Å². The van der Waals surface area contributed by atoms with Gasteiger partial charge in [-0.1, -0.05) is 0 Å². The Bertz CT molecular complexity index is 406. The van der Waals surface area contributed by atoms with Crippen LogP contribution in [0.25, 0.3) is 0 Å². The summed E-state index contributed by atoms with van der Waals surface area (Å²) in [6.07, 6.45) is 4.20. The number of likely N-dealkylation sites (tertiary alicyclic amines) is 1. The van der Waals surface area contributed by atoms with Crippen LogP contribution in [0.1, 0.15) is 25.5 Å². The molecule has 1 saturated heterocycles. The van der Waals surface area contributed by atoms with E-state index in [0.717, 1.165) is 6.54 Å². The summed E-state index contributed by atoms with van der Waals surface area (Å²) in [5, 5.41) is 11.9. The Hall–Kier alpha value is -1.67. The van der Waals surface area contributed by atoms with E-state index in [9.17, 15) is 0 Å². The lowest BCUT2D eigenvalue weighted by atomic mass is 10.3. The van der Waals surface area contributed by atoms with Crippen molar-refractivity contribution in [2.45, 2.75) is 25.8 Å². The molecule has 2 heterocycles. The Balaban J connectivity index is 1.86. The maximum Gasteiger partial charge on any atom is 0.223 e. The molecule has 90 valence electrons. The Morgan fingerprint density at radius 2 is 2.29 bits per heavy atom. The molecule has 5 nitrogen and oxygen atoms in total. The second kappa shape index (κ2) is 5.60. The van der Waals surface area contributed by atoms with Crippen molar-refractivity contribution in [1.29, 1.82) is 5.26 Å². The molecule has 0 spiro atoms. The van der Waals surface area contributed by atoms with E-state index in [2.05, 4.69) is 27.1 Å². The SMILES string of the molecule is CC(CNc1nccc(C#N)n1)N1CCCC1. The Labute approximate surface area is 101 Å². The van der Waals surface area contributed by atoms with Crippen LogP contribution in [0.4, 0.5) is 5.95 Å². The highest BCUT2D eigenvalue weighted by molar-refractivity contribution is 5.30. The van der Waals surface area contributed by atoms with E-state index in [-0.39, 0.29) is 0 Å². The average molecular weight is 231 g/mol. The summed E-state index contributed by atoms with van der Waals surface area (Å²) >= 11 is 0. The van der Waals surface area contributed by atoms with Crippen molar-refractivity contribution in [3.63, 3.8) is 0 Å². The first-order chi connectivity index (χ1) is 8.29. The molecule has 2 rings (SSSR count). The molecule has 1 aliphatic rings.